The molecule has 1 aromatic carbocycles. The SMILES string of the molecule is Bc1cncc(-c2cccc([C@@]3(C)NC(=N)N(C)C(=O)[C@H]3C)c2)c1. The number of pyridine rings is 1. The number of amides is 1. The molecule has 1 aliphatic rings. The average Bonchev–Trinajstić information content (AvgIpc) is 2.58. The van der Waals surface area contributed by atoms with Crippen molar-refractivity contribution >= 4 is 25.2 Å². The molecule has 0 saturated carbocycles. The molecule has 1 aromatic heterocycles. The second-order valence-electron chi connectivity index (χ2n) is 6.63. The summed E-state index contributed by atoms with van der Waals surface area (Å²) in [4.78, 5) is 18.1. The highest BCUT2D eigenvalue weighted by molar-refractivity contribution is 6.32. The summed E-state index contributed by atoms with van der Waals surface area (Å²) in [5.41, 5.74) is 3.57. The van der Waals surface area contributed by atoms with Crippen LogP contribution < -0.4 is 10.8 Å². The topological polar surface area (TPSA) is 69.1 Å². The molecule has 2 N–H and O–H groups in total. The van der Waals surface area contributed by atoms with E-state index >= 15 is 0 Å². The minimum absolute atomic E-state index is 0.0520. The van der Waals surface area contributed by atoms with Crippen molar-refractivity contribution in [2.45, 2.75) is 19.4 Å². The fraction of sp³-hybridized carbons (Fsp3) is 0.278. The Morgan fingerprint density at radius 1 is 1.29 bits per heavy atom. The van der Waals surface area contributed by atoms with E-state index in [0.29, 0.717) is 0 Å². The van der Waals surface area contributed by atoms with Crippen LogP contribution in [0.15, 0.2) is 42.7 Å². The zero-order chi connectivity index (χ0) is 17.5. The molecule has 5 nitrogen and oxygen atoms in total. The van der Waals surface area contributed by atoms with Crippen molar-refractivity contribution in [2.24, 2.45) is 5.92 Å². The lowest BCUT2D eigenvalue weighted by Gasteiger charge is -2.44. The number of hydrogen-bond acceptors (Lipinski definition) is 3. The number of carbonyl (C=O) groups is 1. The maximum atomic E-state index is 12.5. The molecule has 0 unspecified atom stereocenters. The molecule has 1 saturated heterocycles. The number of benzene rings is 1. The first-order chi connectivity index (χ1) is 11.3. The van der Waals surface area contributed by atoms with Crippen LogP contribution in [0.3, 0.4) is 0 Å². The van der Waals surface area contributed by atoms with Crippen LogP contribution >= 0.6 is 0 Å². The third-order valence-electron chi connectivity index (χ3n) is 4.95. The van der Waals surface area contributed by atoms with Gasteiger partial charge in [0.1, 0.15) is 7.85 Å². The number of rotatable bonds is 2. The van der Waals surface area contributed by atoms with Gasteiger partial charge in [0.25, 0.3) is 0 Å². The van der Waals surface area contributed by atoms with Crippen molar-refractivity contribution < 1.29 is 4.79 Å². The highest BCUT2D eigenvalue weighted by Crippen LogP contribution is 2.35. The standard InChI is InChI=1S/C18H21BN4O/c1-11-16(24)23(3)17(20)22-18(11,2)14-6-4-5-12(7-14)13-8-15(19)10-21-9-13/h4-11H,19H2,1-3H3,(H2,20,22)/t11-,18+/m1/s1. The van der Waals surface area contributed by atoms with Crippen molar-refractivity contribution in [1.82, 2.24) is 15.2 Å². The Labute approximate surface area is 143 Å². The zero-order valence-electron chi connectivity index (χ0n) is 14.4. The van der Waals surface area contributed by atoms with Gasteiger partial charge in [0.15, 0.2) is 5.96 Å². The van der Waals surface area contributed by atoms with Gasteiger partial charge in [0.05, 0.1) is 11.5 Å². The molecular weight excluding hydrogens is 299 g/mol. The van der Waals surface area contributed by atoms with Gasteiger partial charge >= 0.3 is 0 Å². The summed E-state index contributed by atoms with van der Waals surface area (Å²) in [6, 6.07) is 10.2. The summed E-state index contributed by atoms with van der Waals surface area (Å²) in [7, 11) is 3.64. The Kier molecular flexibility index (Phi) is 3.91. The third kappa shape index (κ3) is 2.58. The fourth-order valence-electron chi connectivity index (χ4n) is 3.14. The third-order valence-corrected chi connectivity index (χ3v) is 4.95. The first kappa shape index (κ1) is 16.2. The van der Waals surface area contributed by atoms with Crippen LogP contribution in [0.5, 0.6) is 0 Å². The van der Waals surface area contributed by atoms with Crippen molar-refractivity contribution in [3.8, 4) is 11.1 Å². The van der Waals surface area contributed by atoms with Gasteiger partial charge in [-0.3, -0.25) is 20.1 Å². The molecule has 122 valence electrons. The second-order valence-corrected chi connectivity index (χ2v) is 6.63. The zero-order valence-corrected chi connectivity index (χ0v) is 14.4. The highest BCUT2D eigenvalue weighted by Gasteiger charge is 2.44. The van der Waals surface area contributed by atoms with E-state index in [4.69, 9.17) is 5.41 Å². The Bertz CT molecular complexity index is 822. The molecule has 0 radical (unpaired) electrons. The summed E-state index contributed by atoms with van der Waals surface area (Å²) in [6.45, 7) is 3.88. The smallest absolute Gasteiger partial charge is 0.234 e. The summed E-state index contributed by atoms with van der Waals surface area (Å²) in [5.74, 6) is -0.199. The Balaban J connectivity index is 2.05. The van der Waals surface area contributed by atoms with E-state index in [1.54, 1.807) is 7.05 Å². The first-order valence-corrected chi connectivity index (χ1v) is 8.00. The lowest BCUT2D eigenvalue weighted by Crippen LogP contribution is -2.62. The van der Waals surface area contributed by atoms with Crippen LogP contribution in [0.4, 0.5) is 0 Å². The summed E-state index contributed by atoms with van der Waals surface area (Å²) in [5, 5.41) is 11.3. The van der Waals surface area contributed by atoms with E-state index in [2.05, 4.69) is 22.4 Å². The summed E-state index contributed by atoms with van der Waals surface area (Å²) >= 11 is 0. The molecule has 1 aliphatic heterocycles. The van der Waals surface area contributed by atoms with Gasteiger partial charge in [-0.15, -0.1) is 0 Å². The Morgan fingerprint density at radius 3 is 2.75 bits per heavy atom. The molecule has 0 aliphatic carbocycles. The number of nitrogens with one attached hydrogen (secondary N) is 2. The van der Waals surface area contributed by atoms with Crippen LogP contribution in [0, 0.1) is 11.3 Å². The van der Waals surface area contributed by atoms with Crippen molar-refractivity contribution in [1.29, 1.82) is 5.41 Å². The predicted octanol–water partition coefficient (Wildman–Crippen LogP) is 0.855. The van der Waals surface area contributed by atoms with Gasteiger partial charge in [-0.2, -0.15) is 0 Å². The van der Waals surface area contributed by atoms with Gasteiger partial charge in [0.2, 0.25) is 5.91 Å². The highest BCUT2D eigenvalue weighted by atomic mass is 16.2. The molecule has 2 atom stereocenters. The number of nitrogens with zero attached hydrogens (tertiary/aromatic N) is 2. The molecular formula is C18H21BN4O. The molecule has 1 fully saturated rings. The summed E-state index contributed by atoms with van der Waals surface area (Å²) < 4.78 is 0. The van der Waals surface area contributed by atoms with E-state index < -0.39 is 5.54 Å². The molecule has 6 heteroatoms. The minimum Gasteiger partial charge on any atom is -0.346 e. The molecule has 0 bridgehead atoms. The molecule has 24 heavy (non-hydrogen) atoms. The van der Waals surface area contributed by atoms with Gasteiger partial charge in [-0.25, -0.2) is 0 Å². The van der Waals surface area contributed by atoms with Gasteiger partial charge < -0.3 is 5.32 Å². The number of hydrogen-bond donors (Lipinski definition) is 2. The van der Waals surface area contributed by atoms with Crippen LogP contribution in [0.2, 0.25) is 0 Å². The van der Waals surface area contributed by atoms with Crippen molar-refractivity contribution in [3.63, 3.8) is 0 Å². The molecule has 0 spiro atoms. The molecule has 2 aromatic rings. The molecule has 3 rings (SSSR count). The predicted molar refractivity (Wildman–Crippen MR) is 98.0 cm³/mol. The Morgan fingerprint density at radius 2 is 2.04 bits per heavy atom. The number of guanidine groups is 1. The van der Waals surface area contributed by atoms with Crippen molar-refractivity contribution in [3.05, 3.63) is 48.3 Å². The van der Waals surface area contributed by atoms with Crippen LogP contribution in [-0.2, 0) is 10.3 Å². The lowest BCUT2D eigenvalue weighted by atomic mass is 9.77. The van der Waals surface area contributed by atoms with E-state index in [0.717, 1.165) is 22.2 Å². The molecule has 1 amide bonds. The van der Waals surface area contributed by atoms with Gasteiger partial charge in [-0.1, -0.05) is 36.7 Å². The van der Waals surface area contributed by atoms with Crippen LogP contribution in [0.1, 0.15) is 19.4 Å². The maximum Gasteiger partial charge on any atom is 0.234 e. The Hall–Kier alpha value is -2.63. The fourth-order valence-corrected chi connectivity index (χ4v) is 3.14. The van der Waals surface area contributed by atoms with E-state index in [1.807, 2.05) is 52.3 Å². The van der Waals surface area contributed by atoms with E-state index in [-0.39, 0.29) is 17.8 Å². The van der Waals surface area contributed by atoms with Crippen LogP contribution in [0.25, 0.3) is 11.1 Å². The number of carbonyl (C=O) groups excluding carboxylic acids is 1. The largest absolute Gasteiger partial charge is 0.346 e. The summed E-state index contributed by atoms with van der Waals surface area (Å²) in [6.07, 6.45) is 3.67. The molecule has 2 heterocycles. The van der Waals surface area contributed by atoms with E-state index in [9.17, 15) is 4.79 Å². The monoisotopic (exact) mass is 320 g/mol. The van der Waals surface area contributed by atoms with Gasteiger partial charge in [0, 0.05) is 19.4 Å². The van der Waals surface area contributed by atoms with Gasteiger partial charge in [-0.05, 0) is 29.7 Å². The maximum absolute atomic E-state index is 12.5. The second kappa shape index (κ2) is 5.78. The van der Waals surface area contributed by atoms with E-state index in [1.165, 1.54) is 4.90 Å². The minimum atomic E-state index is -0.617. The lowest BCUT2D eigenvalue weighted by molar-refractivity contribution is -0.134. The quantitative estimate of drug-likeness (QED) is 0.806. The van der Waals surface area contributed by atoms with Crippen LogP contribution in [-0.4, -0.2) is 36.6 Å². The normalized spacial score (nSPS) is 24.0. The van der Waals surface area contributed by atoms with Crippen molar-refractivity contribution in [2.75, 3.05) is 7.05 Å². The average molecular weight is 320 g/mol. The number of aromatic nitrogens is 1. The first-order valence-electron chi connectivity index (χ1n) is 8.00.